The van der Waals surface area contributed by atoms with Gasteiger partial charge in [-0.1, -0.05) is 43.3 Å². The number of halogens is 1. The predicted molar refractivity (Wildman–Crippen MR) is 79.3 cm³/mol. The zero-order valence-corrected chi connectivity index (χ0v) is 11.9. The summed E-state index contributed by atoms with van der Waals surface area (Å²) in [5, 5.41) is 3.40. The highest BCUT2D eigenvalue weighted by molar-refractivity contribution is 5.36. The van der Waals surface area contributed by atoms with Gasteiger partial charge in [0.15, 0.2) is 0 Å². The van der Waals surface area contributed by atoms with Crippen LogP contribution in [0.1, 0.15) is 30.5 Å². The van der Waals surface area contributed by atoms with E-state index in [0.717, 1.165) is 17.7 Å². The molecule has 0 aliphatic rings. The minimum Gasteiger partial charge on any atom is -0.496 e. The molecule has 0 radical (unpaired) electrons. The number of nitrogens with one attached hydrogen (secondary N) is 1. The maximum absolute atomic E-state index is 13.6. The number of hydrogen-bond acceptors (Lipinski definition) is 2. The van der Waals surface area contributed by atoms with E-state index in [-0.39, 0.29) is 11.9 Å². The molecular formula is C17H20FNO. The maximum Gasteiger partial charge on any atom is 0.127 e. The normalized spacial score (nSPS) is 12.2. The van der Waals surface area contributed by atoms with Gasteiger partial charge in [0.1, 0.15) is 11.6 Å². The fraction of sp³-hybridized carbons (Fsp3) is 0.294. The van der Waals surface area contributed by atoms with E-state index in [4.69, 9.17) is 4.74 Å². The van der Waals surface area contributed by atoms with E-state index < -0.39 is 0 Å². The van der Waals surface area contributed by atoms with E-state index in [2.05, 4.69) is 12.2 Å². The molecule has 0 saturated carbocycles. The van der Waals surface area contributed by atoms with Crippen LogP contribution >= 0.6 is 0 Å². The van der Waals surface area contributed by atoms with E-state index in [1.54, 1.807) is 19.2 Å². The summed E-state index contributed by atoms with van der Waals surface area (Å²) < 4.78 is 19.0. The second-order valence-electron chi connectivity index (χ2n) is 4.68. The topological polar surface area (TPSA) is 21.3 Å². The van der Waals surface area contributed by atoms with Crippen molar-refractivity contribution in [3.05, 3.63) is 65.5 Å². The molecule has 0 aromatic heterocycles. The second-order valence-corrected chi connectivity index (χ2v) is 4.68. The summed E-state index contributed by atoms with van der Waals surface area (Å²) in [6.07, 6.45) is 0.912. The molecule has 1 unspecified atom stereocenters. The lowest BCUT2D eigenvalue weighted by Gasteiger charge is -2.20. The number of ether oxygens (including phenoxy) is 1. The van der Waals surface area contributed by atoms with Gasteiger partial charge in [0.25, 0.3) is 0 Å². The fourth-order valence-electron chi connectivity index (χ4n) is 2.30. The van der Waals surface area contributed by atoms with Gasteiger partial charge >= 0.3 is 0 Å². The Kier molecular flexibility index (Phi) is 5.13. The molecule has 0 fully saturated rings. The van der Waals surface area contributed by atoms with Gasteiger partial charge in [-0.05, 0) is 18.6 Å². The Bertz CT molecular complexity index is 556. The fourth-order valence-corrected chi connectivity index (χ4v) is 2.30. The first-order valence-electron chi connectivity index (χ1n) is 6.86. The van der Waals surface area contributed by atoms with Crippen molar-refractivity contribution in [1.82, 2.24) is 5.32 Å². The number of methoxy groups -OCH3 is 1. The molecule has 20 heavy (non-hydrogen) atoms. The maximum atomic E-state index is 13.6. The molecule has 0 spiro atoms. The van der Waals surface area contributed by atoms with E-state index in [1.165, 1.54) is 6.07 Å². The summed E-state index contributed by atoms with van der Waals surface area (Å²) in [6, 6.07) is 14.9. The Morgan fingerprint density at radius 1 is 1.10 bits per heavy atom. The van der Waals surface area contributed by atoms with Crippen molar-refractivity contribution in [3.8, 4) is 5.75 Å². The highest BCUT2D eigenvalue weighted by Gasteiger charge is 2.13. The Morgan fingerprint density at radius 3 is 2.50 bits per heavy atom. The molecule has 0 bridgehead atoms. The summed E-state index contributed by atoms with van der Waals surface area (Å²) in [5.41, 5.74) is 1.79. The molecule has 1 N–H and O–H groups in total. The van der Waals surface area contributed by atoms with E-state index in [9.17, 15) is 4.39 Å². The van der Waals surface area contributed by atoms with Crippen molar-refractivity contribution in [2.45, 2.75) is 25.9 Å². The van der Waals surface area contributed by atoms with Gasteiger partial charge in [-0.25, -0.2) is 4.39 Å². The van der Waals surface area contributed by atoms with E-state index in [1.807, 2.05) is 30.3 Å². The molecule has 3 heteroatoms. The monoisotopic (exact) mass is 273 g/mol. The summed E-state index contributed by atoms with van der Waals surface area (Å²) in [7, 11) is 1.67. The predicted octanol–water partition coefficient (Wildman–Crippen LogP) is 4.08. The quantitative estimate of drug-likeness (QED) is 0.856. The number of hydrogen-bond donors (Lipinski definition) is 1. The van der Waals surface area contributed by atoms with Crippen LogP contribution in [0.5, 0.6) is 5.75 Å². The smallest absolute Gasteiger partial charge is 0.127 e. The zero-order chi connectivity index (χ0) is 14.4. The molecular weight excluding hydrogens is 253 g/mol. The minimum atomic E-state index is -0.171. The lowest BCUT2D eigenvalue weighted by Crippen LogP contribution is -2.21. The largest absolute Gasteiger partial charge is 0.496 e. The van der Waals surface area contributed by atoms with Crippen LogP contribution in [0.3, 0.4) is 0 Å². The van der Waals surface area contributed by atoms with E-state index >= 15 is 0 Å². The van der Waals surface area contributed by atoms with Crippen molar-refractivity contribution >= 4 is 0 Å². The lowest BCUT2D eigenvalue weighted by molar-refractivity contribution is 0.396. The Labute approximate surface area is 119 Å². The summed E-state index contributed by atoms with van der Waals surface area (Å²) in [4.78, 5) is 0. The average Bonchev–Trinajstić information content (AvgIpc) is 2.50. The van der Waals surface area contributed by atoms with Crippen LogP contribution in [0.4, 0.5) is 4.39 Å². The molecule has 2 aromatic carbocycles. The van der Waals surface area contributed by atoms with Crippen molar-refractivity contribution in [2.24, 2.45) is 0 Å². The highest BCUT2D eigenvalue weighted by Crippen LogP contribution is 2.27. The van der Waals surface area contributed by atoms with Crippen LogP contribution in [0.15, 0.2) is 48.5 Å². The van der Waals surface area contributed by atoms with Crippen LogP contribution in [-0.2, 0) is 6.54 Å². The molecule has 0 amide bonds. The molecule has 2 nitrogen and oxygen atoms in total. The third-order valence-corrected chi connectivity index (χ3v) is 3.42. The van der Waals surface area contributed by atoms with E-state index in [0.29, 0.717) is 12.1 Å². The SMILES string of the molecule is CCC(NCc1ccccc1F)c1ccccc1OC. The Balaban J connectivity index is 2.11. The first kappa shape index (κ1) is 14.5. The molecule has 1 atom stereocenters. The second kappa shape index (κ2) is 7.06. The molecule has 0 aliphatic heterocycles. The van der Waals surface area contributed by atoms with Crippen LogP contribution in [-0.4, -0.2) is 7.11 Å². The van der Waals surface area contributed by atoms with Crippen LogP contribution in [0, 0.1) is 5.82 Å². The van der Waals surface area contributed by atoms with Gasteiger partial charge in [-0.3, -0.25) is 0 Å². The molecule has 0 heterocycles. The number of para-hydroxylation sites is 1. The van der Waals surface area contributed by atoms with Crippen molar-refractivity contribution in [2.75, 3.05) is 7.11 Å². The third kappa shape index (κ3) is 3.36. The first-order valence-corrected chi connectivity index (χ1v) is 6.86. The summed E-state index contributed by atoms with van der Waals surface area (Å²) in [6.45, 7) is 2.61. The average molecular weight is 273 g/mol. The van der Waals surface area contributed by atoms with Crippen molar-refractivity contribution in [3.63, 3.8) is 0 Å². The van der Waals surface area contributed by atoms with Crippen molar-refractivity contribution in [1.29, 1.82) is 0 Å². The standard InChI is InChI=1S/C17H20FNO/c1-3-16(14-9-5-7-11-17(14)20-2)19-12-13-8-4-6-10-15(13)18/h4-11,16,19H,3,12H2,1-2H3. The number of rotatable bonds is 6. The first-order chi connectivity index (χ1) is 9.76. The van der Waals surface area contributed by atoms with Gasteiger partial charge in [0.05, 0.1) is 7.11 Å². The van der Waals surface area contributed by atoms with Gasteiger partial charge in [-0.15, -0.1) is 0 Å². The lowest BCUT2D eigenvalue weighted by atomic mass is 10.0. The molecule has 2 rings (SSSR count). The van der Waals surface area contributed by atoms with Crippen molar-refractivity contribution < 1.29 is 9.13 Å². The minimum absolute atomic E-state index is 0.144. The zero-order valence-electron chi connectivity index (χ0n) is 11.9. The third-order valence-electron chi connectivity index (χ3n) is 3.42. The van der Waals surface area contributed by atoms with Gasteiger partial charge in [0, 0.05) is 23.7 Å². The van der Waals surface area contributed by atoms with Gasteiger partial charge in [0.2, 0.25) is 0 Å². The van der Waals surface area contributed by atoms with Crippen LogP contribution in [0.25, 0.3) is 0 Å². The van der Waals surface area contributed by atoms with Gasteiger partial charge < -0.3 is 10.1 Å². The molecule has 2 aromatic rings. The summed E-state index contributed by atoms with van der Waals surface area (Å²) >= 11 is 0. The molecule has 106 valence electrons. The molecule has 0 aliphatic carbocycles. The summed E-state index contributed by atoms with van der Waals surface area (Å²) in [5.74, 6) is 0.690. The highest BCUT2D eigenvalue weighted by atomic mass is 19.1. The Morgan fingerprint density at radius 2 is 1.80 bits per heavy atom. The molecule has 0 saturated heterocycles. The Hall–Kier alpha value is -1.87. The van der Waals surface area contributed by atoms with Crippen LogP contribution < -0.4 is 10.1 Å². The van der Waals surface area contributed by atoms with Crippen LogP contribution in [0.2, 0.25) is 0 Å². The number of benzene rings is 2. The van der Waals surface area contributed by atoms with Gasteiger partial charge in [-0.2, -0.15) is 0 Å².